The number of fused-ring (bicyclic) bond motifs is 2. The smallest absolute Gasteiger partial charge is 0.333 e. The number of esters is 2. The first-order valence-corrected chi connectivity index (χ1v) is 16.6. The number of pyridine rings is 2. The molecule has 0 aliphatic heterocycles. The number of carbonyl (C=O) groups is 4. The summed E-state index contributed by atoms with van der Waals surface area (Å²) in [4.78, 5) is 58.0. The van der Waals surface area contributed by atoms with Crippen molar-refractivity contribution >= 4 is 45.3 Å². The molecule has 0 bridgehead atoms. The second kappa shape index (κ2) is 15.2. The number of nitrogens with one attached hydrogen (secondary N) is 2. The Morgan fingerprint density at radius 3 is 1.69 bits per heavy atom. The van der Waals surface area contributed by atoms with E-state index < -0.39 is 36.8 Å². The third-order valence-corrected chi connectivity index (χ3v) is 8.83. The van der Waals surface area contributed by atoms with Gasteiger partial charge in [0.1, 0.15) is 24.6 Å². The Hall–Kier alpha value is -5.46. The summed E-state index contributed by atoms with van der Waals surface area (Å²) in [5, 5.41) is 28.0. The molecule has 0 saturated heterocycles. The second-order valence-electron chi connectivity index (χ2n) is 12.4. The van der Waals surface area contributed by atoms with Crippen molar-refractivity contribution in [3.05, 3.63) is 60.2 Å². The molecule has 2 fully saturated rings. The Bertz CT molecular complexity index is 1880. The minimum atomic E-state index is -1.10. The van der Waals surface area contributed by atoms with Crippen LogP contribution < -0.4 is 20.1 Å². The molecule has 13 heteroatoms. The van der Waals surface area contributed by atoms with Gasteiger partial charge >= 0.3 is 11.9 Å². The molecule has 0 spiro atoms. The summed E-state index contributed by atoms with van der Waals surface area (Å²) >= 11 is 0. The molecule has 4 aromatic rings. The monoisotopic (exact) mass is 670 g/mol. The highest BCUT2D eigenvalue weighted by Gasteiger charge is 2.22. The van der Waals surface area contributed by atoms with Crippen LogP contribution in [-0.4, -0.2) is 69.2 Å². The fourth-order valence-corrected chi connectivity index (χ4v) is 6.26. The van der Waals surface area contributed by atoms with Gasteiger partial charge in [-0.15, -0.1) is 0 Å². The lowest BCUT2D eigenvalue weighted by molar-refractivity contribution is -0.158. The molecule has 4 N–H and O–H groups in total. The number of amides is 2. The van der Waals surface area contributed by atoms with E-state index in [1.807, 2.05) is 0 Å². The van der Waals surface area contributed by atoms with Crippen LogP contribution in [0, 0.1) is 0 Å². The molecule has 2 saturated carbocycles. The molecule has 0 radical (unpaired) electrons. The number of carbonyl (C=O) groups excluding carboxylic acids is 4. The Balaban J connectivity index is 0.987. The zero-order valence-corrected chi connectivity index (χ0v) is 26.9. The van der Waals surface area contributed by atoms with E-state index >= 15 is 0 Å². The largest absolute Gasteiger partial charge is 0.505 e. The number of aromatic hydroxyl groups is 2. The summed E-state index contributed by atoms with van der Waals surface area (Å²) in [5.74, 6) is -3.45. The molecule has 13 nitrogen and oxygen atoms in total. The van der Waals surface area contributed by atoms with Gasteiger partial charge in [-0.2, -0.15) is 0 Å². The molecule has 2 aromatic carbocycles. The molecule has 2 aliphatic carbocycles. The van der Waals surface area contributed by atoms with E-state index in [2.05, 4.69) is 25.3 Å². The first-order valence-electron chi connectivity index (χ1n) is 16.6. The Morgan fingerprint density at radius 1 is 0.633 bits per heavy atom. The molecular weight excluding hydrogens is 632 g/mol. The Labute approximate surface area is 282 Å². The van der Waals surface area contributed by atoms with Crippen molar-refractivity contribution in [2.24, 2.45) is 0 Å². The molecule has 6 rings (SSSR count). The number of rotatable bonds is 10. The quantitative estimate of drug-likeness (QED) is 0.134. The van der Waals surface area contributed by atoms with E-state index in [1.54, 1.807) is 36.4 Å². The molecule has 0 unspecified atom stereocenters. The summed E-state index contributed by atoms with van der Waals surface area (Å²) in [7, 11) is 0. The van der Waals surface area contributed by atoms with Crippen LogP contribution in [0.15, 0.2) is 48.8 Å². The Kier molecular flexibility index (Phi) is 10.4. The molecule has 49 heavy (non-hydrogen) atoms. The minimum absolute atomic E-state index is 0.0995. The van der Waals surface area contributed by atoms with Crippen LogP contribution in [0.1, 0.15) is 85.2 Å². The van der Waals surface area contributed by atoms with Gasteiger partial charge in [-0.3, -0.25) is 9.59 Å². The number of hydrogen-bond acceptors (Lipinski definition) is 11. The average molecular weight is 671 g/mol. The first kappa shape index (κ1) is 33.4. The minimum Gasteiger partial charge on any atom is -0.505 e. The lowest BCUT2D eigenvalue weighted by Crippen LogP contribution is -2.36. The van der Waals surface area contributed by atoms with Gasteiger partial charge < -0.3 is 35.1 Å². The van der Waals surface area contributed by atoms with Crippen LogP contribution >= 0.6 is 0 Å². The highest BCUT2D eigenvalue weighted by Crippen LogP contribution is 2.33. The van der Waals surface area contributed by atoms with E-state index in [-0.39, 0.29) is 35.1 Å². The highest BCUT2D eigenvalue weighted by molar-refractivity contribution is 6.04. The lowest BCUT2D eigenvalue weighted by atomic mass is 9.98. The van der Waals surface area contributed by atoms with Crippen LogP contribution in [0.3, 0.4) is 0 Å². The van der Waals surface area contributed by atoms with Crippen molar-refractivity contribution in [2.45, 2.75) is 76.4 Å². The van der Waals surface area contributed by atoms with E-state index in [4.69, 9.17) is 9.47 Å². The van der Waals surface area contributed by atoms with Crippen LogP contribution in [0.25, 0.3) is 21.5 Å². The van der Waals surface area contributed by atoms with Crippen LogP contribution in [0.4, 0.5) is 0 Å². The Morgan fingerprint density at radius 2 is 1.12 bits per heavy atom. The molecule has 2 aliphatic rings. The fourth-order valence-electron chi connectivity index (χ4n) is 6.26. The standard InChI is InChI=1S/C36H38N4O9/c41-29(19-39-35(45)31-33(43)27-14-13-25(15-22(27)18-38-31)47-23-7-3-1-4-8-23)49-30(42)20-40-36(46)32-34(44)28-16-26(12-11-21(28)17-37-32)48-24-9-5-2-6-10-24/h11-18,23-24,43-44H,1-10,19-20H2,(H,39,45)(H,40,46). The number of benzene rings is 2. The topological polar surface area (TPSA) is 186 Å². The third kappa shape index (κ3) is 8.16. The van der Waals surface area contributed by atoms with Gasteiger partial charge in [-0.05, 0) is 87.8 Å². The van der Waals surface area contributed by atoms with Gasteiger partial charge in [0.15, 0.2) is 22.9 Å². The summed E-state index contributed by atoms with van der Waals surface area (Å²) in [6.07, 6.45) is 13.9. The van der Waals surface area contributed by atoms with Gasteiger partial charge in [-0.1, -0.05) is 12.8 Å². The maximum atomic E-state index is 12.8. The van der Waals surface area contributed by atoms with E-state index in [9.17, 15) is 29.4 Å². The zero-order chi connectivity index (χ0) is 34.3. The average Bonchev–Trinajstić information content (AvgIpc) is 3.11. The molecular formula is C36H38N4O9. The number of aromatic nitrogens is 2. The van der Waals surface area contributed by atoms with E-state index in [1.165, 1.54) is 25.2 Å². The summed E-state index contributed by atoms with van der Waals surface area (Å²) in [6.45, 7) is -1.41. The summed E-state index contributed by atoms with van der Waals surface area (Å²) in [6, 6.07) is 10.3. The van der Waals surface area contributed by atoms with Gasteiger partial charge in [0.05, 0.1) is 12.2 Å². The zero-order valence-electron chi connectivity index (χ0n) is 26.9. The fraction of sp³-hybridized carbons (Fsp3) is 0.389. The van der Waals surface area contributed by atoms with Crippen LogP contribution in [0.2, 0.25) is 0 Å². The van der Waals surface area contributed by atoms with Gasteiger partial charge in [0, 0.05) is 33.9 Å². The summed E-state index contributed by atoms with van der Waals surface area (Å²) < 4.78 is 16.8. The maximum absolute atomic E-state index is 12.8. The van der Waals surface area contributed by atoms with Crippen molar-refractivity contribution in [3.8, 4) is 23.0 Å². The van der Waals surface area contributed by atoms with Crippen molar-refractivity contribution in [2.75, 3.05) is 13.1 Å². The van der Waals surface area contributed by atoms with E-state index in [0.29, 0.717) is 33.0 Å². The van der Waals surface area contributed by atoms with Crippen molar-refractivity contribution < 1.29 is 43.6 Å². The lowest BCUT2D eigenvalue weighted by Gasteiger charge is -2.23. The SMILES string of the molecule is O=C(CNC(=O)c1ncc2cc(OC3CCCCC3)ccc2c1O)OC(=O)CNC(=O)c1ncc2ccc(OC3CCCCC3)cc2c1O. The normalized spacial score (nSPS) is 15.4. The number of nitrogens with zero attached hydrogens (tertiary/aromatic N) is 2. The molecule has 2 amide bonds. The molecule has 2 aromatic heterocycles. The maximum Gasteiger partial charge on any atom is 0.333 e. The number of hydrogen-bond donors (Lipinski definition) is 4. The summed E-state index contributed by atoms with van der Waals surface area (Å²) in [5.41, 5.74) is -0.625. The molecule has 256 valence electrons. The molecule has 2 heterocycles. The van der Waals surface area contributed by atoms with Crippen molar-refractivity contribution in [1.82, 2.24) is 20.6 Å². The van der Waals surface area contributed by atoms with E-state index in [0.717, 1.165) is 51.4 Å². The first-order chi connectivity index (χ1) is 23.7. The van der Waals surface area contributed by atoms with Crippen LogP contribution in [-0.2, 0) is 14.3 Å². The third-order valence-electron chi connectivity index (χ3n) is 8.83. The van der Waals surface area contributed by atoms with Gasteiger partial charge in [0.2, 0.25) is 0 Å². The predicted octanol–water partition coefficient (Wildman–Crippen LogP) is 4.85. The number of ether oxygens (including phenoxy) is 3. The van der Waals surface area contributed by atoms with Crippen molar-refractivity contribution in [1.29, 1.82) is 0 Å². The molecule has 0 atom stereocenters. The predicted molar refractivity (Wildman–Crippen MR) is 178 cm³/mol. The van der Waals surface area contributed by atoms with Gasteiger partial charge in [-0.25, -0.2) is 19.6 Å². The second-order valence-corrected chi connectivity index (χ2v) is 12.4. The van der Waals surface area contributed by atoms with Crippen molar-refractivity contribution in [3.63, 3.8) is 0 Å². The van der Waals surface area contributed by atoms with Crippen LogP contribution in [0.5, 0.6) is 23.0 Å². The van der Waals surface area contributed by atoms with Gasteiger partial charge in [0.25, 0.3) is 11.8 Å². The highest BCUT2D eigenvalue weighted by atomic mass is 16.6.